The molecule has 2 unspecified atom stereocenters. The van der Waals surface area contributed by atoms with Crippen LogP contribution in [0.5, 0.6) is 0 Å². The number of ether oxygens (including phenoxy) is 1. The van der Waals surface area contributed by atoms with Crippen LogP contribution in [0.3, 0.4) is 0 Å². The van der Waals surface area contributed by atoms with Crippen LogP contribution < -0.4 is 10.6 Å². The fraction of sp³-hybridized carbons (Fsp3) is 0.583. The molecule has 0 aliphatic carbocycles. The van der Waals surface area contributed by atoms with Crippen molar-refractivity contribution in [2.75, 3.05) is 23.8 Å². The Kier molecular flexibility index (Phi) is 3.84. The summed E-state index contributed by atoms with van der Waals surface area (Å²) in [4.78, 5) is 16.8. The van der Waals surface area contributed by atoms with E-state index in [9.17, 15) is 10.1 Å². The van der Waals surface area contributed by atoms with Gasteiger partial charge in [0, 0.05) is 12.6 Å². The molecule has 2 heterocycles. The number of pyridine rings is 1. The van der Waals surface area contributed by atoms with Gasteiger partial charge in [0.2, 0.25) is 5.82 Å². The molecule has 0 radical (unpaired) electrons. The van der Waals surface area contributed by atoms with Crippen LogP contribution in [0.2, 0.25) is 0 Å². The van der Waals surface area contributed by atoms with Crippen LogP contribution in [-0.2, 0) is 4.74 Å². The van der Waals surface area contributed by atoms with Crippen LogP contribution in [0, 0.1) is 10.1 Å². The average Bonchev–Trinajstić information content (AvgIpc) is 2.38. The maximum Gasteiger partial charge on any atom is 0.311 e. The third-order valence-corrected chi connectivity index (χ3v) is 3.28. The summed E-state index contributed by atoms with van der Waals surface area (Å²) in [5, 5.41) is 11.1. The first-order valence-corrected chi connectivity index (χ1v) is 6.32. The molecule has 2 N–H and O–H groups in total. The highest BCUT2D eigenvalue weighted by molar-refractivity contribution is 5.61. The lowest BCUT2D eigenvalue weighted by Crippen LogP contribution is -2.49. The minimum absolute atomic E-state index is 0.0123. The first-order chi connectivity index (χ1) is 9.02. The van der Waals surface area contributed by atoms with Crippen molar-refractivity contribution >= 4 is 17.3 Å². The molecule has 2 atom stereocenters. The second-order valence-electron chi connectivity index (χ2n) is 4.69. The molecule has 1 fully saturated rings. The van der Waals surface area contributed by atoms with E-state index in [2.05, 4.69) is 4.98 Å². The average molecular weight is 266 g/mol. The number of rotatable bonds is 3. The second kappa shape index (κ2) is 5.40. The van der Waals surface area contributed by atoms with Crippen molar-refractivity contribution in [3.8, 4) is 0 Å². The first kappa shape index (κ1) is 13.5. The van der Waals surface area contributed by atoms with E-state index in [0.717, 1.165) is 6.42 Å². The molecule has 2 rings (SSSR count). The van der Waals surface area contributed by atoms with E-state index < -0.39 is 4.92 Å². The van der Waals surface area contributed by atoms with E-state index >= 15 is 0 Å². The van der Waals surface area contributed by atoms with Gasteiger partial charge in [-0.25, -0.2) is 4.98 Å². The Bertz CT molecular complexity index is 480. The zero-order valence-corrected chi connectivity index (χ0v) is 11.1. The third-order valence-electron chi connectivity index (χ3n) is 3.28. The summed E-state index contributed by atoms with van der Waals surface area (Å²) in [7, 11) is 0. The van der Waals surface area contributed by atoms with E-state index in [4.69, 9.17) is 10.5 Å². The standard InChI is InChI=1S/C12H18N4O3/c1-3-9-7-19-8(2)6-15(9)12-10(16(17)18)4-5-11(13)14-12/h4-5,8-9H,3,6-7H2,1-2H3,(H2,13,14). The van der Waals surface area contributed by atoms with Crippen LogP contribution in [0.25, 0.3) is 0 Å². The molecule has 0 aromatic carbocycles. The molecule has 19 heavy (non-hydrogen) atoms. The van der Waals surface area contributed by atoms with Crippen LogP contribution in [-0.4, -0.2) is 35.2 Å². The van der Waals surface area contributed by atoms with Gasteiger partial charge in [-0.3, -0.25) is 10.1 Å². The Morgan fingerprint density at radius 3 is 3.00 bits per heavy atom. The van der Waals surface area contributed by atoms with Crippen LogP contribution >= 0.6 is 0 Å². The molecule has 0 amide bonds. The number of nitrogens with two attached hydrogens (primary N) is 1. The van der Waals surface area contributed by atoms with E-state index in [1.807, 2.05) is 18.7 Å². The molecule has 1 aromatic rings. The lowest BCUT2D eigenvalue weighted by atomic mass is 10.1. The molecule has 0 saturated carbocycles. The summed E-state index contributed by atoms with van der Waals surface area (Å²) in [6.07, 6.45) is 0.853. The highest BCUT2D eigenvalue weighted by Crippen LogP contribution is 2.31. The highest BCUT2D eigenvalue weighted by atomic mass is 16.6. The Balaban J connectivity index is 2.42. The molecular formula is C12H18N4O3. The monoisotopic (exact) mass is 266 g/mol. The predicted molar refractivity (Wildman–Crippen MR) is 72.1 cm³/mol. The Hall–Kier alpha value is -1.89. The Labute approximate surface area is 111 Å². The Morgan fingerprint density at radius 2 is 2.37 bits per heavy atom. The van der Waals surface area contributed by atoms with E-state index in [1.165, 1.54) is 12.1 Å². The largest absolute Gasteiger partial charge is 0.384 e. The zero-order valence-electron chi connectivity index (χ0n) is 11.1. The molecule has 1 saturated heterocycles. The number of aromatic nitrogens is 1. The number of anilines is 2. The topological polar surface area (TPSA) is 94.5 Å². The van der Waals surface area contributed by atoms with Gasteiger partial charge in [-0.2, -0.15) is 0 Å². The first-order valence-electron chi connectivity index (χ1n) is 6.32. The van der Waals surface area contributed by atoms with Gasteiger partial charge < -0.3 is 15.4 Å². The van der Waals surface area contributed by atoms with Crippen LogP contribution in [0.15, 0.2) is 12.1 Å². The lowest BCUT2D eigenvalue weighted by Gasteiger charge is -2.38. The molecule has 7 heteroatoms. The fourth-order valence-corrected chi connectivity index (χ4v) is 2.25. The molecule has 7 nitrogen and oxygen atoms in total. The predicted octanol–water partition coefficient (Wildman–Crippen LogP) is 1.58. The Morgan fingerprint density at radius 1 is 1.63 bits per heavy atom. The van der Waals surface area contributed by atoms with E-state index in [1.54, 1.807) is 0 Å². The van der Waals surface area contributed by atoms with Gasteiger partial charge in [0.05, 0.1) is 23.7 Å². The summed E-state index contributed by atoms with van der Waals surface area (Å²) < 4.78 is 5.59. The van der Waals surface area contributed by atoms with Crippen molar-refractivity contribution in [1.29, 1.82) is 0 Å². The van der Waals surface area contributed by atoms with Gasteiger partial charge in [0.1, 0.15) is 5.82 Å². The van der Waals surface area contributed by atoms with Crippen molar-refractivity contribution in [3.63, 3.8) is 0 Å². The molecule has 104 valence electrons. The van der Waals surface area contributed by atoms with Gasteiger partial charge in [-0.15, -0.1) is 0 Å². The molecule has 0 bridgehead atoms. The fourth-order valence-electron chi connectivity index (χ4n) is 2.25. The summed E-state index contributed by atoms with van der Waals surface area (Å²) >= 11 is 0. The van der Waals surface area contributed by atoms with Gasteiger partial charge in [0.15, 0.2) is 0 Å². The van der Waals surface area contributed by atoms with Gasteiger partial charge in [-0.1, -0.05) is 6.92 Å². The van der Waals surface area contributed by atoms with Crippen LogP contribution in [0.4, 0.5) is 17.3 Å². The molecular weight excluding hydrogens is 248 g/mol. The highest BCUT2D eigenvalue weighted by Gasteiger charge is 2.31. The van der Waals surface area contributed by atoms with Crippen molar-refractivity contribution < 1.29 is 9.66 Å². The van der Waals surface area contributed by atoms with Crippen molar-refractivity contribution in [2.24, 2.45) is 0 Å². The summed E-state index contributed by atoms with van der Waals surface area (Å²) in [5.74, 6) is 0.626. The van der Waals surface area contributed by atoms with Crippen LogP contribution in [0.1, 0.15) is 20.3 Å². The number of morpholine rings is 1. The maximum atomic E-state index is 11.1. The van der Waals surface area contributed by atoms with E-state index in [0.29, 0.717) is 19.0 Å². The number of hydrogen-bond acceptors (Lipinski definition) is 6. The number of nitrogen functional groups attached to an aromatic ring is 1. The lowest BCUT2D eigenvalue weighted by molar-refractivity contribution is -0.384. The van der Waals surface area contributed by atoms with Gasteiger partial charge in [-0.05, 0) is 19.4 Å². The molecule has 0 spiro atoms. The number of nitrogens with zero attached hydrogens (tertiary/aromatic N) is 3. The zero-order chi connectivity index (χ0) is 14.0. The summed E-state index contributed by atoms with van der Waals surface area (Å²) in [5.41, 5.74) is 5.65. The minimum Gasteiger partial charge on any atom is -0.384 e. The van der Waals surface area contributed by atoms with Gasteiger partial charge in [0.25, 0.3) is 0 Å². The number of nitro groups is 1. The van der Waals surface area contributed by atoms with Crippen molar-refractivity contribution in [1.82, 2.24) is 4.98 Å². The van der Waals surface area contributed by atoms with E-state index in [-0.39, 0.29) is 23.7 Å². The van der Waals surface area contributed by atoms with Gasteiger partial charge >= 0.3 is 5.69 Å². The minimum atomic E-state index is -0.422. The summed E-state index contributed by atoms with van der Waals surface area (Å²) in [6, 6.07) is 2.95. The molecule has 1 aromatic heterocycles. The SMILES string of the molecule is CCC1COC(C)CN1c1nc(N)ccc1[N+](=O)[O-]. The smallest absolute Gasteiger partial charge is 0.311 e. The maximum absolute atomic E-state index is 11.1. The summed E-state index contributed by atoms with van der Waals surface area (Å²) in [6.45, 7) is 5.09. The normalized spacial score (nSPS) is 23.4. The van der Waals surface area contributed by atoms with Crippen molar-refractivity contribution in [2.45, 2.75) is 32.4 Å². The third kappa shape index (κ3) is 2.76. The molecule has 1 aliphatic rings. The second-order valence-corrected chi connectivity index (χ2v) is 4.69. The molecule has 1 aliphatic heterocycles. The quantitative estimate of drug-likeness (QED) is 0.659. The van der Waals surface area contributed by atoms with Crippen molar-refractivity contribution in [3.05, 3.63) is 22.2 Å². The number of hydrogen-bond donors (Lipinski definition) is 1.